The lowest BCUT2D eigenvalue weighted by molar-refractivity contribution is 0.169. The molecule has 2 aromatic heterocycles. The molecule has 23 heavy (non-hydrogen) atoms. The van der Waals surface area contributed by atoms with Crippen LogP contribution in [0.4, 0.5) is 5.82 Å². The summed E-state index contributed by atoms with van der Waals surface area (Å²) in [5.41, 5.74) is 1.26. The number of nitrogens with one attached hydrogen (secondary N) is 1. The Kier molecular flexibility index (Phi) is 3.69. The van der Waals surface area contributed by atoms with Crippen molar-refractivity contribution >= 4 is 11.5 Å². The third-order valence-electron chi connectivity index (χ3n) is 5.09. The molecule has 7 heteroatoms. The van der Waals surface area contributed by atoms with E-state index in [-0.39, 0.29) is 0 Å². The van der Waals surface area contributed by atoms with Gasteiger partial charge in [-0.15, -0.1) is 5.10 Å². The Balaban J connectivity index is 1.44. The largest absolute Gasteiger partial charge is 0.353 e. The highest BCUT2D eigenvalue weighted by molar-refractivity contribution is 5.47. The van der Waals surface area contributed by atoms with Crippen molar-refractivity contribution in [2.75, 3.05) is 50.7 Å². The van der Waals surface area contributed by atoms with Gasteiger partial charge in [0.15, 0.2) is 11.5 Å². The van der Waals surface area contributed by atoms with E-state index in [9.17, 15) is 0 Å². The zero-order valence-electron chi connectivity index (χ0n) is 14.0. The number of nitrogens with zero attached hydrogens (tertiary/aromatic N) is 6. The van der Waals surface area contributed by atoms with Crippen LogP contribution in [0.3, 0.4) is 0 Å². The van der Waals surface area contributed by atoms with E-state index < -0.39 is 0 Å². The van der Waals surface area contributed by atoms with Gasteiger partial charge in [-0.05, 0) is 25.3 Å². The first-order valence-corrected chi connectivity index (χ1v) is 8.48. The Morgan fingerprint density at radius 1 is 1.22 bits per heavy atom. The van der Waals surface area contributed by atoms with Crippen LogP contribution in [0.2, 0.25) is 0 Å². The highest BCUT2D eigenvalue weighted by Gasteiger charge is 2.32. The standard InChI is InChI=1S/C16H25N7/c1-13-19-14-9-18-10-15(23(14)20-13)22-7-5-21(6-8-22)12-16(2)3-4-17-11-16/h9-10,17H,3-8,11-12H2,1-2H3. The molecule has 124 valence electrons. The lowest BCUT2D eigenvalue weighted by Crippen LogP contribution is -2.50. The van der Waals surface area contributed by atoms with Gasteiger partial charge in [-0.25, -0.2) is 4.98 Å². The smallest absolute Gasteiger partial charge is 0.176 e. The van der Waals surface area contributed by atoms with E-state index in [1.165, 1.54) is 13.0 Å². The minimum atomic E-state index is 0.437. The van der Waals surface area contributed by atoms with Gasteiger partial charge in [0.25, 0.3) is 0 Å². The molecule has 1 unspecified atom stereocenters. The maximum absolute atomic E-state index is 4.50. The van der Waals surface area contributed by atoms with E-state index in [4.69, 9.17) is 0 Å². The van der Waals surface area contributed by atoms with E-state index in [0.29, 0.717) is 5.41 Å². The van der Waals surface area contributed by atoms with E-state index >= 15 is 0 Å². The van der Waals surface area contributed by atoms with Crippen LogP contribution in [0.15, 0.2) is 12.4 Å². The van der Waals surface area contributed by atoms with Gasteiger partial charge in [0.2, 0.25) is 0 Å². The number of hydrogen-bond donors (Lipinski definition) is 1. The molecule has 4 heterocycles. The summed E-state index contributed by atoms with van der Waals surface area (Å²) in [5, 5.41) is 8.00. The molecule has 1 N–H and O–H groups in total. The topological polar surface area (TPSA) is 61.6 Å². The number of hydrogen-bond acceptors (Lipinski definition) is 6. The number of fused-ring (bicyclic) bond motifs is 1. The van der Waals surface area contributed by atoms with Crippen molar-refractivity contribution in [3.8, 4) is 0 Å². The molecule has 2 aromatic rings. The van der Waals surface area contributed by atoms with Crippen molar-refractivity contribution in [3.05, 3.63) is 18.2 Å². The van der Waals surface area contributed by atoms with Gasteiger partial charge in [0.1, 0.15) is 5.82 Å². The Bertz CT molecular complexity index is 681. The van der Waals surface area contributed by atoms with Crippen LogP contribution in [0.5, 0.6) is 0 Å². The van der Waals surface area contributed by atoms with Crippen molar-refractivity contribution < 1.29 is 0 Å². The Morgan fingerprint density at radius 3 is 2.78 bits per heavy atom. The summed E-state index contributed by atoms with van der Waals surface area (Å²) in [5.74, 6) is 1.84. The van der Waals surface area contributed by atoms with Crippen LogP contribution in [-0.4, -0.2) is 70.3 Å². The fourth-order valence-electron chi connectivity index (χ4n) is 3.80. The van der Waals surface area contributed by atoms with Crippen LogP contribution >= 0.6 is 0 Å². The fourth-order valence-corrected chi connectivity index (χ4v) is 3.80. The number of piperazine rings is 1. The van der Waals surface area contributed by atoms with E-state index in [1.807, 2.05) is 17.6 Å². The maximum Gasteiger partial charge on any atom is 0.176 e. The SMILES string of the molecule is Cc1nc2cncc(N3CCN(CC4(C)CCNC4)CC3)n2n1. The molecule has 2 fully saturated rings. The summed E-state index contributed by atoms with van der Waals surface area (Å²) in [7, 11) is 0. The normalized spacial score (nSPS) is 26.3. The molecule has 0 spiro atoms. The molecule has 0 aromatic carbocycles. The van der Waals surface area contributed by atoms with E-state index in [2.05, 4.69) is 37.1 Å². The Hall–Kier alpha value is -1.73. The van der Waals surface area contributed by atoms with Gasteiger partial charge >= 0.3 is 0 Å². The van der Waals surface area contributed by atoms with Crippen molar-refractivity contribution in [3.63, 3.8) is 0 Å². The van der Waals surface area contributed by atoms with Crippen molar-refractivity contribution in [2.45, 2.75) is 20.3 Å². The average Bonchev–Trinajstić information content (AvgIpc) is 3.12. The predicted octanol–water partition coefficient (Wildman–Crippen LogP) is 0.554. The highest BCUT2D eigenvalue weighted by Crippen LogP contribution is 2.26. The fraction of sp³-hybridized carbons (Fsp3) is 0.688. The molecule has 2 aliphatic heterocycles. The summed E-state index contributed by atoms with van der Waals surface area (Å²) in [6.07, 6.45) is 4.96. The molecule has 0 bridgehead atoms. The summed E-state index contributed by atoms with van der Waals surface area (Å²) < 4.78 is 1.92. The van der Waals surface area contributed by atoms with Crippen LogP contribution in [0, 0.1) is 12.3 Å². The molecular formula is C16H25N7. The van der Waals surface area contributed by atoms with Crippen LogP contribution < -0.4 is 10.2 Å². The molecular weight excluding hydrogens is 290 g/mol. The first kappa shape index (κ1) is 14.8. The minimum absolute atomic E-state index is 0.437. The van der Waals surface area contributed by atoms with Crippen LogP contribution in [0.25, 0.3) is 5.65 Å². The molecule has 2 saturated heterocycles. The third kappa shape index (κ3) is 2.90. The summed E-state index contributed by atoms with van der Waals surface area (Å²) in [4.78, 5) is 13.7. The number of aryl methyl sites for hydroxylation is 1. The van der Waals surface area contributed by atoms with Gasteiger partial charge in [-0.1, -0.05) is 6.92 Å². The lowest BCUT2D eigenvalue weighted by Gasteiger charge is -2.39. The third-order valence-corrected chi connectivity index (χ3v) is 5.09. The second kappa shape index (κ2) is 5.72. The molecule has 0 aliphatic carbocycles. The second-order valence-corrected chi connectivity index (χ2v) is 7.20. The molecule has 4 rings (SSSR count). The molecule has 2 aliphatic rings. The van der Waals surface area contributed by atoms with Crippen molar-refractivity contribution in [1.29, 1.82) is 0 Å². The number of aromatic nitrogens is 4. The van der Waals surface area contributed by atoms with E-state index in [1.54, 1.807) is 6.20 Å². The first-order chi connectivity index (χ1) is 11.1. The maximum atomic E-state index is 4.50. The average molecular weight is 315 g/mol. The summed E-state index contributed by atoms with van der Waals surface area (Å²) in [6, 6.07) is 0. The highest BCUT2D eigenvalue weighted by atomic mass is 15.4. The van der Waals surface area contributed by atoms with Crippen LogP contribution in [0.1, 0.15) is 19.2 Å². The number of rotatable bonds is 3. The first-order valence-electron chi connectivity index (χ1n) is 8.48. The quantitative estimate of drug-likeness (QED) is 0.893. The molecule has 0 saturated carbocycles. The molecule has 0 radical (unpaired) electrons. The Labute approximate surface area is 136 Å². The summed E-state index contributed by atoms with van der Waals surface area (Å²) in [6.45, 7) is 12.1. The minimum Gasteiger partial charge on any atom is -0.353 e. The monoisotopic (exact) mass is 315 g/mol. The molecule has 1 atom stereocenters. The van der Waals surface area contributed by atoms with Crippen LogP contribution in [-0.2, 0) is 0 Å². The van der Waals surface area contributed by atoms with Crippen molar-refractivity contribution in [1.82, 2.24) is 29.8 Å². The zero-order valence-corrected chi connectivity index (χ0v) is 14.0. The Morgan fingerprint density at radius 2 is 2.04 bits per heavy atom. The van der Waals surface area contributed by atoms with Gasteiger partial charge in [-0.3, -0.25) is 9.88 Å². The van der Waals surface area contributed by atoms with Gasteiger partial charge < -0.3 is 10.2 Å². The molecule has 0 amide bonds. The van der Waals surface area contributed by atoms with E-state index in [0.717, 1.165) is 56.6 Å². The van der Waals surface area contributed by atoms with Crippen molar-refractivity contribution in [2.24, 2.45) is 5.41 Å². The summed E-state index contributed by atoms with van der Waals surface area (Å²) >= 11 is 0. The second-order valence-electron chi connectivity index (χ2n) is 7.20. The van der Waals surface area contributed by atoms with Gasteiger partial charge in [0, 0.05) is 39.3 Å². The predicted molar refractivity (Wildman–Crippen MR) is 89.8 cm³/mol. The zero-order chi connectivity index (χ0) is 15.9. The lowest BCUT2D eigenvalue weighted by atomic mass is 9.89. The van der Waals surface area contributed by atoms with Gasteiger partial charge in [-0.2, -0.15) is 4.52 Å². The molecule has 7 nitrogen and oxygen atoms in total. The van der Waals surface area contributed by atoms with Gasteiger partial charge in [0.05, 0.1) is 12.4 Å². The number of anilines is 1.